The molecule has 4 heteroatoms. The number of nitrogens with one attached hydrogen (secondary N) is 1. The molecule has 1 aromatic rings. The molecule has 2 rings (SSSR count). The molecular weight excluding hydrogens is 230 g/mol. The molecule has 18 heavy (non-hydrogen) atoms. The van der Waals surface area contributed by atoms with Crippen LogP contribution in [0.25, 0.3) is 0 Å². The van der Waals surface area contributed by atoms with Crippen molar-refractivity contribution < 1.29 is 14.6 Å². The number of hydrogen-bond acceptors (Lipinski definition) is 4. The highest BCUT2D eigenvalue weighted by molar-refractivity contribution is 5.75. The van der Waals surface area contributed by atoms with Crippen molar-refractivity contribution in [2.45, 2.75) is 38.8 Å². The van der Waals surface area contributed by atoms with Crippen LogP contribution in [0.3, 0.4) is 0 Å². The minimum atomic E-state index is -0.330. The highest BCUT2D eigenvalue weighted by Gasteiger charge is 2.27. The number of carbonyl (C=O) groups excluding carboxylic acids is 1. The van der Waals surface area contributed by atoms with Crippen molar-refractivity contribution in [1.29, 1.82) is 0 Å². The van der Waals surface area contributed by atoms with Crippen molar-refractivity contribution in [2.24, 2.45) is 0 Å². The maximum atomic E-state index is 11.6. The number of rotatable bonds is 4. The summed E-state index contributed by atoms with van der Waals surface area (Å²) in [5, 5.41) is 13.0. The normalized spacial score (nSPS) is 19.3. The maximum absolute atomic E-state index is 11.6. The zero-order valence-corrected chi connectivity index (χ0v) is 10.8. The minimum Gasteiger partial charge on any atom is -0.508 e. The summed E-state index contributed by atoms with van der Waals surface area (Å²) in [6.07, 6.45) is 1.74. The van der Waals surface area contributed by atoms with Gasteiger partial charge in [0.2, 0.25) is 0 Å². The van der Waals surface area contributed by atoms with Gasteiger partial charge in [0.25, 0.3) is 0 Å². The molecule has 2 N–H and O–H groups in total. The van der Waals surface area contributed by atoms with Crippen LogP contribution in [0.4, 0.5) is 0 Å². The molecule has 1 aromatic carbocycles. The van der Waals surface area contributed by atoms with Crippen LogP contribution < -0.4 is 5.32 Å². The van der Waals surface area contributed by atoms with E-state index in [1.807, 2.05) is 12.1 Å². The second-order valence-electron chi connectivity index (χ2n) is 4.58. The molecule has 0 saturated heterocycles. The Morgan fingerprint density at radius 3 is 3.11 bits per heavy atom. The predicted octanol–water partition coefficient (Wildman–Crippen LogP) is 1.92. The van der Waals surface area contributed by atoms with Gasteiger partial charge in [-0.05, 0) is 43.9 Å². The molecular formula is C14H19NO3. The molecule has 0 heterocycles. The second-order valence-corrected chi connectivity index (χ2v) is 4.58. The van der Waals surface area contributed by atoms with Crippen LogP contribution in [-0.2, 0) is 16.0 Å². The van der Waals surface area contributed by atoms with Crippen molar-refractivity contribution in [2.75, 3.05) is 6.61 Å². The van der Waals surface area contributed by atoms with E-state index in [0.29, 0.717) is 12.4 Å². The fourth-order valence-electron chi connectivity index (χ4n) is 2.45. The third-order valence-corrected chi connectivity index (χ3v) is 3.34. The van der Waals surface area contributed by atoms with Crippen LogP contribution in [0, 0.1) is 0 Å². The van der Waals surface area contributed by atoms with Crippen molar-refractivity contribution in [3.05, 3.63) is 29.3 Å². The highest BCUT2D eigenvalue weighted by atomic mass is 16.5. The Labute approximate surface area is 107 Å². The van der Waals surface area contributed by atoms with Gasteiger partial charge in [-0.3, -0.25) is 10.1 Å². The monoisotopic (exact) mass is 249 g/mol. The van der Waals surface area contributed by atoms with Gasteiger partial charge in [0, 0.05) is 6.04 Å². The summed E-state index contributed by atoms with van der Waals surface area (Å²) in [6.45, 7) is 4.00. The fraction of sp³-hybridized carbons (Fsp3) is 0.500. The Morgan fingerprint density at radius 2 is 2.39 bits per heavy atom. The lowest BCUT2D eigenvalue weighted by Crippen LogP contribution is -2.37. The van der Waals surface area contributed by atoms with Crippen LogP contribution in [0.15, 0.2) is 18.2 Å². The first-order chi connectivity index (χ1) is 8.63. The van der Waals surface area contributed by atoms with Crippen molar-refractivity contribution in [3.8, 4) is 5.75 Å². The first-order valence-electron chi connectivity index (χ1n) is 6.37. The molecule has 0 aromatic heterocycles. The molecule has 0 spiro atoms. The molecule has 0 aliphatic heterocycles. The topological polar surface area (TPSA) is 58.6 Å². The lowest BCUT2D eigenvalue weighted by Gasteiger charge is -2.19. The van der Waals surface area contributed by atoms with Gasteiger partial charge in [0.1, 0.15) is 11.8 Å². The van der Waals surface area contributed by atoms with E-state index in [9.17, 15) is 9.90 Å². The van der Waals surface area contributed by atoms with Crippen LogP contribution in [0.5, 0.6) is 5.75 Å². The van der Waals surface area contributed by atoms with Crippen LogP contribution in [-0.4, -0.2) is 23.7 Å². The van der Waals surface area contributed by atoms with Crippen molar-refractivity contribution in [1.82, 2.24) is 5.32 Å². The van der Waals surface area contributed by atoms with Gasteiger partial charge in [-0.15, -0.1) is 0 Å². The third kappa shape index (κ3) is 2.48. The molecule has 0 radical (unpaired) electrons. The predicted molar refractivity (Wildman–Crippen MR) is 68.4 cm³/mol. The van der Waals surface area contributed by atoms with Crippen LogP contribution >= 0.6 is 0 Å². The molecule has 4 nitrogen and oxygen atoms in total. The Kier molecular flexibility index (Phi) is 3.87. The minimum absolute atomic E-state index is 0.117. The average Bonchev–Trinajstić information content (AvgIpc) is 2.74. The summed E-state index contributed by atoms with van der Waals surface area (Å²) in [4.78, 5) is 11.6. The Balaban J connectivity index is 2.06. The van der Waals surface area contributed by atoms with E-state index < -0.39 is 0 Å². The van der Waals surface area contributed by atoms with E-state index in [1.165, 1.54) is 0 Å². The lowest BCUT2D eigenvalue weighted by atomic mass is 10.1. The second kappa shape index (κ2) is 5.40. The standard InChI is InChI=1S/C14H19NO3/c1-3-18-14(17)9(2)15-12-8-7-11-10(12)5-4-6-13(11)16/h4-6,9,12,15-16H,3,7-8H2,1-2H3. The van der Waals surface area contributed by atoms with Gasteiger partial charge < -0.3 is 9.84 Å². The molecule has 0 saturated carbocycles. The van der Waals surface area contributed by atoms with Gasteiger partial charge in [0.05, 0.1) is 6.61 Å². The maximum Gasteiger partial charge on any atom is 0.322 e. The van der Waals surface area contributed by atoms with Gasteiger partial charge in [0.15, 0.2) is 0 Å². The first-order valence-corrected chi connectivity index (χ1v) is 6.37. The molecule has 0 amide bonds. The first kappa shape index (κ1) is 12.9. The van der Waals surface area contributed by atoms with E-state index in [1.54, 1.807) is 19.9 Å². The van der Waals surface area contributed by atoms with Crippen molar-refractivity contribution in [3.63, 3.8) is 0 Å². The van der Waals surface area contributed by atoms with Crippen LogP contribution in [0.1, 0.15) is 37.4 Å². The summed E-state index contributed by atoms with van der Waals surface area (Å²) in [5.74, 6) is 0.117. The van der Waals surface area contributed by atoms with Crippen molar-refractivity contribution >= 4 is 5.97 Å². The Morgan fingerprint density at radius 1 is 1.61 bits per heavy atom. The zero-order chi connectivity index (χ0) is 13.1. The van der Waals surface area contributed by atoms with E-state index in [0.717, 1.165) is 24.0 Å². The van der Waals surface area contributed by atoms with Gasteiger partial charge >= 0.3 is 5.97 Å². The molecule has 2 atom stereocenters. The number of phenolic OH excluding ortho intramolecular Hbond substituents is 1. The molecule has 1 aliphatic carbocycles. The Bertz CT molecular complexity index is 445. The average molecular weight is 249 g/mol. The number of esters is 1. The summed E-state index contributed by atoms with van der Waals surface area (Å²) in [5.41, 5.74) is 2.08. The van der Waals surface area contributed by atoms with E-state index in [-0.39, 0.29) is 18.1 Å². The fourth-order valence-corrected chi connectivity index (χ4v) is 2.45. The molecule has 1 aliphatic rings. The lowest BCUT2D eigenvalue weighted by molar-refractivity contribution is -0.145. The number of carbonyl (C=O) groups is 1. The number of benzene rings is 1. The number of aromatic hydroxyl groups is 1. The Hall–Kier alpha value is -1.55. The van der Waals surface area contributed by atoms with Crippen LogP contribution in [0.2, 0.25) is 0 Å². The molecule has 2 unspecified atom stereocenters. The zero-order valence-electron chi connectivity index (χ0n) is 10.8. The SMILES string of the molecule is CCOC(=O)C(C)NC1CCc2c(O)cccc21. The summed E-state index contributed by atoms with van der Waals surface area (Å²) in [7, 11) is 0. The number of fused-ring (bicyclic) bond motifs is 1. The third-order valence-electron chi connectivity index (χ3n) is 3.34. The van der Waals surface area contributed by atoms with Gasteiger partial charge in [-0.25, -0.2) is 0 Å². The number of ether oxygens (including phenoxy) is 1. The van der Waals surface area contributed by atoms with E-state index >= 15 is 0 Å². The molecule has 98 valence electrons. The summed E-state index contributed by atoms with van der Waals surface area (Å²) < 4.78 is 4.97. The van der Waals surface area contributed by atoms with Gasteiger partial charge in [-0.2, -0.15) is 0 Å². The number of phenols is 1. The molecule has 0 bridgehead atoms. The van der Waals surface area contributed by atoms with E-state index in [4.69, 9.17) is 4.74 Å². The molecule has 0 fully saturated rings. The smallest absolute Gasteiger partial charge is 0.322 e. The number of hydrogen-bond donors (Lipinski definition) is 2. The summed E-state index contributed by atoms with van der Waals surface area (Å²) >= 11 is 0. The van der Waals surface area contributed by atoms with E-state index in [2.05, 4.69) is 5.32 Å². The summed E-state index contributed by atoms with van der Waals surface area (Å²) in [6, 6.07) is 5.33. The van der Waals surface area contributed by atoms with Gasteiger partial charge in [-0.1, -0.05) is 12.1 Å². The largest absolute Gasteiger partial charge is 0.508 e. The quantitative estimate of drug-likeness (QED) is 0.800. The highest BCUT2D eigenvalue weighted by Crippen LogP contribution is 2.36.